The molecule has 140 valence electrons. The maximum atomic E-state index is 13.0. The van der Waals surface area contributed by atoms with Crippen LogP contribution in [0.3, 0.4) is 0 Å². The third kappa shape index (κ3) is 2.34. The van der Waals surface area contributed by atoms with Crippen LogP contribution in [0.2, 0.25) is 16.6 Å². The fraction of sp³-hybridized carbons (Fsp3) is 0.864. The lowest BCUT2D eigenvalue weighted by molar-refractivity contribution is -0.143. The number of fused-ring (bicyclic) bond motifs is 4. The molecule has 3 heteroatoms. The number of carbonyl (C=O) groups is 1. The highest BCUT2D eigenvalue weighted by molar-refractivity contribution is 6.77. The van der Waals surface area contributed by atoms with E-state index in [1.165, 1.54) is 12.8 Å². The van der Waals surface area contributed by atoms with E-state index in [9.17, 15) is 4.79 Å². The van der Waals surface area contributed by atoms with E-state index in [1.807, 2.05) is 0 Å². The predicted molar refractivity (Wildman–Crippen MR) is 105 cm³/mol. The Balaban J connectivity index is 1.59. The smallest absolute Gasteiger partial charge is 0.200 e. The SMILES string of the molecule is CC(C)[Si](OC1C[C@@H]2C(=O)[C@H](C1)[C@H]1C=C[C@@H]2C12CC2)(C(C)C)C(C)C. The van der Waals surface area contributed by atoms with Crippen molar-refractivity contribution in [2.45, 2.75) is 90.0 Å². The first kappa shape index (κ1) is 18.0. The van der Waals surface area contributed by atoms with Crippen LogP contribution in [0, 0.1) is 29.1 Å². The summed E-state index contributed by atoms with van der Waals surface area (Å²) >= 11 is 0. The van der Waals surface area contributed by atoms with Crippen molar-refractivity contribution in [3.63, 3.8) is 0 Å². The molecule has 4 aliphatic rings. The highest BCUT2D eigenvalue weighted by Crippen LogP contribution is 2.70. The summed E-state index contributed by atoms with van der Waals surface area (Å²) in [6.07, 6.45) is 9.82. The number of Topliss-reactive ketones (excluding diaryl/α,β-unsaturated/α-hetero) is 1. The molecule has 0 amide bonds. The lowest BCUT2D eigenvalue weighted by Gasteiger charge is -2.51. The summed E-state index contributed by atoms with van der Waals surface area (Å²) in [6, 6.07) is 0. The number of carbonyl (C=O) groups excluding carboxylic acids is 1. The normalized spacial score (nSPS) is 38.4. The molecule has 5 atom stereocenters. The Morgan fingerprint density at radius 1 is 0.920 bits per heavy atom. The van der Waals surface area contributed by atoms with Crippen LogP contribution in [0.25, 0.3) is 0 Å². The first-order chi connectivity index (χ1) is 11.7. The van der Waals surface area contributed by atoms with Gasteiger partial charge in [0.2, 0.25) is 8.32 Å². The predicted octanol–water partition coefficient (Wildman–Crippen LogP) is 5.74. The van der Waals surface area contributed by atoms with Crippen molar-refractivity contribution in [2.24, 2.45) is 29.1 Å². The monoisotopic (exact) mass is 360 g/mol. The molecule has 4 bridgehead atoms. The molecule has 0 N–H and O–H groups in total. The first-order valence-electron chi connectivity index (χ1n) is 10.6. The number of ketones is 1. The average molecular weight is 361 g/mol. The van der Waals surface area contributed by atoms with E-state index in [1.54, 1.807) is 0 Å². The fourth-order valence-electron chi connectivity index (χ4n) is 7.34. The lowest BCUT2D eigenvalue weighted by Crippen LogP contribution is -2.55. The maximum absolute atomic E-state index is 13.0. The van der Waals surface area contributed by atoms with Gasteiger partial charge in [-0.15, -0.1) is 0 Å². The van der Waals surface area contributed by atoms with Gasteiger partial charge in [-0.05, 0) is 59.6 Å². The third-order valence-corrected chi connectivity index (χ3v) is 14.5. The van der Waals surface area contributed by atoms with Gasteiger partial charge in [0.25, 0.3) is 0 Å². The Morgan fingerprint density at radius 2 is 1.36 bits per heavy atom. The molecule has 1 spiro atoms. The van der Waals surface area contributed by atoms with Crippen LogP contribution in [0.5, 0.6) is 0 Å². The van der Waals surface area contributed by atoms with Gasteiger partial charge in [0.05, 0.1) is 0 Å². The molecule has 0 aromatic carbocycles. The van der Waals surface area contributed by atoms with E-state index >= 15 is 0 Å². The summed E-state index contributed by atoms with van der Waals surface area (Å²) < 4.78 is 7.12. The highest BCUT2D eigenvalue weighted by atomic mass is 28.4. The lowest BCUT2D eigenvalue weighted by atomic mass is 9.57. The first-order valence-corrected chi connectivity index (χ1v) is 12.8. The van der Waals surface area contributed by atoms with E-state index in [2.05, 4.69) is 53.7 Å². The molecule has 3 fully saturated rings. The second-order valence-corrected chi connectivity index (χ2v) is 15.7. The Labute approximate surface area is 154 Å². The standard InChI is InChI=1S/C22H36O2Si/c1-13(2)25(14(3)4,15(5)6)24-16-11-17-19-7-8-20(22(19)9-10-22)18(12-16)21(17)23/h7-8,13-20H,9-12H2,1-6H3/t16?,17-,18+,19-,20+. The highest BCUT2D eigenvalue weighted by Gasteiger charge is 2.67. The minimum atomic E-state index is -1.86. The van der Waals surface area contributed by atoms with Crippen LogP contribution >= 0.6 is 0 Å². The Morgan fingerprint density at radius 3 is 1.72 bits per heavy atom. The summed E-state index contributed by atoms with van der Waals surface area (Å²) in [5, 5.41) is 0. The Kier molecular flexibility index (Phi) is 4.16. The van der Waals surface area contributed by atoms with Crippen LogP contribution in [-0.4, -0.2) is 20.2 Å². The molecule has 0 saturated heterocycles. The minimum absolute atomic E-state index is 0.249. The molecule has 2 nitrogen and oxygen atoms in total. The van der Waals surface area contributed by atoms with Crippen molar-refractivity contribution in [1.29, 1.82) is 0 Å². The van der Waals surface area contributed by atoms with Gasteiger partial charge in [-0.25, -0.2) is 0 Å². The zero-order valence-corrected chi connectivity index (χ0v) is 17.9. The van der Waals surface area contributed by atoms with Crippen LogP contribution in [0.15, 0.2) is 12.2 Å². The number of hydrogen-bond donors (Lipinski definition) is 0. The summed E-state index contributed by atoms with van der Waals surface area (Å²) in [5.41, 5.74) is 2.36. The molecule has 0 radical (unpaired) electrons. The van der Waals surface area contributed by atoms with Gasteiger partial charge in [0.15, 0.2) is 0 Å². The van der Waals surface area contributed by atoms with Crippen molar-refractivity contribution in [1.82, 2.24) is 0 Å². The average Bonchev–Trinajstić information content (AvgIpc) is 3.21. The molecule has 0 aliphatic heterocycles. The number of allylic oxidation sites excluding steroid dienone is 2. The molecule has 0 aromatic rings. The van der Waals surface area contributed by atoms with Crippen LogP contribution < -0.4 is 0 Å². The van der Waals surface area contributed by atoms with Crippen molar-refractivity contribution in [3.8, 4) is 0 Å². The van der Waals surface area contributed by atoms with Gasteiger partial charge in [0, 0.05) is 17.9 Å². The van der Waals surface area contributed by atoms with E-state index in [-0.39, 0.29) is 11.8 Å². The fourth-order valence-corrected chi connectivity index (χ4v) is 12.9. The third-order valence-electron chi connectivity index (χ3n) is 8.39. The van der Waals surface area contributed by atoms with E-state index in [0.29, 0.717) is 45.8 Å². The van der Waals surface area contributed by atoms with E-state index in [4.69, 9.17) is 4.43 Å². The molecule has 4 rings (SSSR count). The number of hydrogen-bond acceptors (Lipinski definition) is 2. The molecule has 3 saturated carbocycles. The molecular weight excluding hydrogens is 324 g/mol. The van der Waals surface area contributed by atoms with Gasteiger partial charge in [-0.2, -0.15) is 0 Å². The number of rotatable bonds is 5. The van der Waals surface area contributed by atoms with Gasteiger partial charge in [-0.1, -0.05) is 53.7 Å². The molecule has 0 heterocycles. The Bertz CT molecular complexity index is 537. The summed E-state index contributed by atoms with van der Waals surface area (Å²) in [5.74, 6) is 2.13. The van der Waals surface area contributed by atoms with Crippen molar-refractivity contribution >= 4 is 14.1 Å². The molecule has 4 aliphatic carbocycles. The zero-order valence-electron chi connectivity index (χ0n) is 16.9. The summed E-state index contributed by atoms with van der Waals surface area (Å²) in [7, 11) is -1.86. The molecular formula is C22H36O2Si. The largest absolute Gasteiger partial charge is 0.413 e. The van der Waals surface area contributed by atoms with Gasteiger partial charge in [0.1, 0.15) is 5.78 Å². The minimum Gasteiger partial charge on any atom is -0.413 e. The van der Waals surface area contributed by atoms with Gasteiger partial charge >= 0.3 is 0 Å². The molecule has 1 unspecified atom stereocenters. The van der Waals surface area contributed by atoms with Crippen LogP contribution in [-0.2, 0) is 9.22 Å². The van der Waals surface area contributed by atoms with Crippen molar-refractivity contribution < 1.29 is 9.22 Å². The topological polar surface area (TPSA) is 26.3 Å². The van der Waals surface area contributed by atoms with Crippen LogP contribution in [0.1, 0.15) is 67.2 Å². The van der Waals surface area contributed by atoms with Crippen molar-refractivity contribution in [3.05, 3.63) is 12.2 Å². The molecule has 0 aromatic heterocycles. The van der Waals surface area contributed by atoms with E-state index in [0.717, 1.165) is 12.8 Å². The van der Waals surface area contributed by atoms with Crippen molar-refractivity contribution in [2.75, 3.05) is 0 Å². The summed E-state index contributed by atoms with van der Waals surface area (Å²) in [6.45, 7) is 14.2. The van der Waals surface area contributed by atoms with E-state index < -0.39 is 8.32 Å². The second-order valence-electron chi connectivity index (χ2n) is 10.3. The zero-order chi connectivity index (χ0) is 18.1. The van der Waals surface area contributed by atoms with Crippen LogP contribution in [0.4, 0.5) is 0 Å². The van der Waals surface area contributed by atoms with Gasteiger partial charge < -0.3 is 4.43 Å². The molecule has 25 heavy (non-hydrogen) atoms. The Hall–Kier alpha value is -0.413. The maximum Gasteiger partial charge on any atom is 0.200 e. The summed E-state index contributed by atoms with van der Waals surface area (Å²) in [4.78, 5) is 13.0. The second kappa shape index (κ2) is 5.79. The quantitative estimate of drug-likeness (QED) is 0.462. The van der Waals surface area contributed by atoms with Gasteiger partial charge in [-0.3, -0.25) is 4.79 Å².